The highest BCUT2D eigenvalue weighted by Gasteiger charge is 2.21. The van der Waals surface area contributed by atoms with Gasteiger partial charge < -0.3 is 5.73 Å². The van der Waals surface area contributed by atoms with E-state index in [0.29, 0.717) is 25.7 Å². The van der Waals surface area contributed by atoms with Crippen molar-refractivity contribution in [1.29, 1.82) is 5.26 Å². The molecule has 1 heterocycles. The van der Waals surface area contributed by atoms with Crippen molar-refractivity contribution >= 4 is 38.0 Å². The summed E-state index contributed by atoms with van der Waals surface area (Å²) in [5, 5.41) is 10.4. The van der Waals surface area contributed by atoms with Crippen molar-refractivity contribution in [2.75, 3.05) is 5.73 Å². The number of halogens is 2. The molecule has 0 unspecified atom stereocenters. The molecule has 0 aliphatic heterocycles. The summed E-state index contributed by atoms with van der Waals surface area (Å²) in [7, 11) is 0. The van der Waals surface area contributed by atoms with Gasteiger partial charge in [0.2, 0.25) is 0 Å². The van der Waals surface area contributed by atoms with E-state index in [1.54, 1.807) is 0 Å². The Morgan fingerprint density at radius 1 is 1.42 bits per heavy atom. The Bertz CT molecular complexity index is 641. The molecule has 5 heteroatoms. The molecule has 2 nitrogen and oxygen atoms in total. The minimum atomic E-state index is -0.424. The molecule has 0 saturated carbocycles. The van der Waals surface area contributed by atoms with Crippen molar-refractivity contribution in [3.63, 3.8) is 0 Å². The zero-order valence-electron chi connectivity index (χ0n) is 11.3. The summed E-state index contributed by atoms with van der Waals surface area (Å²) in [4.78, 5) is 0. The predicted molar refractivity (Wildman–Crippen MR) is 81.4 cm³/mol. The molecule has 2 N–H and O–H groups in total. The average Bonchev–Trinajstić information content (AvgIpc) is 2.68. The van der Waals surface area contributed by atoms with Gasteiger partial charge in [0.1, 0.15) is 16.9 Å². The summed E-state index contributed by atoms with van der Waals surface area (Å²) in [6, 6.07) is 3.32. The van der Waals surface area contributed by atoms with Crippen LogP contribution < -0.4 is 5.73 Å². The van der Waals surface area contributed by atoms with Gasteiger partial charge in [-0.15, -0.1) is 11.3 Å². The number of nitriles is 1. The molecule has 1 aromatic carbocycles. The lowest BCUT2D eigenvalue weighted by Gasteiger charge is -2.10. The third kappa shape index (κ3) is 2.68. The highest BCUT2D eigenvalue weighted by Crippen LogP contribution is 2.42. The molecular formula is C14H16ClFN2S. The van der Waals surface area contributed by atoms with Crippen molar-refractivity contribution in [2.24, 2.45) is 0 Å². The Hall–Kier alpha value is -1.31. The monoisotopic (exact) mass is 298 g/mol. The van der Waals surface area contributed by atoms with E-state index in [1.807, 2.05) is 33.8 Å². The van der Waals surface area contributed by atoms with Gasteiger partial charge in [0, 0.05) is 10.4 Å². The van der Waals surface area contributed by atoms with Crippen LogP contribution in [0.25, 0.3) is 10.1 Å². The summed E-state index contributed by atoms with van der Waals surface area (Å²) in [6.07, 6.45) is 0. The molecule has 19 heavy (non-hydrogen) atoms. The lowest BCUT2D eigenvalue weighted by atomic mass is 9.97. The molecule has 0 atom stereocenters. The van der Waals surface area contributed by atoms with Gasteiger partial charge in [-0.2, -0.15) is 5.26 Å². The summed E-state index contributed by atoms with van der Waals surface area (Å²) < 4.78 is 14.2. The van der Waals surface area contributed by atoms with E-state index in [4.69, 9.17) is 22.6 Å². The van der Waals surface area contributed by atoms with Gasteiger partial charge >= 0.3 is 0 Å². The topological polar surface area (TPSA) is 49.8 Å². The van der Waals surface area contributed by atoms with Crippen LogP contribution in [0.3, 0.4) is 0 Å². The zero-order valence-corrected chi connectivity index (χ0v) is 12.9. The third-order valence-corrected chi connectivity index (χ3v) is 3.96. The molecule has 0 aliphatic carbocycles. The molecular weight excluding hydrogens is 283 g/mol. The smallest absolute Gasteiger partial charge is 0.142 e. The second kappa shape index (κ2) is 6.23. The maximum atomic E-state index is 13.8. The van der Waals surface area contributed by atoms with Gasteiger partial charge in [-0.05, 0) is 17.5 Å². The molecule has 0 spiro atoms. The Kier molecular flexibility index (Phi) is 5.16. The molecule has 2 rings (SSSR count). The van der Waals surface area contributed by atoms with Crippen LogP contribution in [0.4, 0.5) is 9.39 Å². The maximum Gasteiger partial charge on any atom is 0.142 e. The first-order valence-corrected chi connectivity index (χ1v) is 7.26. The van der Waals surface area contributed by atoms with E-state index in [1.165, 1.54) is 6.07 Å². The Morgan fingerprint density at radius 2 is 2.00 bits per heavy atom. The van der Waals surface area contributed by atoms with Crippen LogP contribution in [0.5, 0.6) is 0 Å². The molecule has 1 aromatic heterocycles. The summed E-state index contributed by atoms with van der Waals surface area (Å²) in [6.45, 7) is 7.90. The zero-order chi connectivity index (χ0) is 14.7. The Labute approximate surface area is 121 Å². The van der Waals surface area contributed by atoms with E-state index in [2.05, 4.69) is 0 Å². The van der Waals surface area contributed by atoms with Crippen LogP contribution in [-0.2, 0) is 0 Å². The van der Waals surface area contributed by atoms with Gasteiger partial charge in [-0.1, -0.05) is 39.3 Å². The molecule has 0 saturated heterocycles. The van der Waals surface area contributed by atoms with Crippen molar-refractivity contribution in [2.45, 2.75) is 33.6 Å². The number of benzene rings is 1. The second-order valence-electron chi connectivity index (χ2n) is 4.07. The molecule has 2 aromatic rings. The van der Waals surface area contributed by atoms with Crippen molar-refractivity contribution < 1.29 is 4.39 Å². The van der Waals surface area contributed by atoms with Gasteiger partial charge in [0.05, 0.1) is 10.3 Å². The molecule has 0 aliphatic rings. The SMILES string of the molecule is CC.CC(C)c1c(Cl)cc(F)c2sc(N)c(C#N)c12. The first kappa shape index (κ1) is 15.7. The van der Waals surface area contributed by atoms with Crippen LogP contribution in [-0.4, -0.2) is 0 Å². The first-order valence-electron chi connectivity index (χ1n) is 6.07. The normalized spacial score (nSPS) is 10.2. The maximum absolute atomic E-state index is 13.8. The number of nitrogen functional groups attached to an aromatic ring is 1. The van der Waals surface area contributed by atoms with Gasteiger partial charge in [-0.3, -0.25) is 0 Å². The fourth-order valence-corrected chi connectivity index (χ4v) is 3.27. The third-order valence-electron chi connectivity index (χ3n) is 2.62. The molecule has 0 radical (unpaired) electrons. The average molecular weight is 299 g/mol. The van der Waals surface area contributed by atoms with Crippen LogP contribution >= 0.6 is 22.9 Å². The minimum Gasteiger partial charge on any atom is -0.389 e. The van der Waals surface area contributed by atoms with Gasteiger partial charge in [0.15, 0.2) is 0 Å². The number of nitrogens with two attached hydrogens (primary N) is 1. The number of hydrogen-bond acceptors (Lipinski definition) is 3. The van der Waals surface area contributed by atoms with E-state index in [0.717, 1.165) is 16.9 Å². The van der Waals surface area contributed by atoms with Gasteiger partial charge in [0.25, 0.3) is 0 Å². The molecule has 0 fully saturated rings. The predicted octanol–water partition coefficient (Wildman–Crippen LogP) is 5.30. The van der Waals surface area contributed by atoms with E-state index in [9.17, 15) is 4.39 Å². The van der Waals surface area contributed by atoms with Crippen LogP contribution in [0.1, 0.15) is 44.7 Å². The standard InChI is InChI=1S/C12H10ClFN2S.C2H6/c1-5(2)9-7(13)3-8(14)11-10(9)6(4-15)12(16)17-11;1-2/h3,5H,16H2,1-2H3;1-2H3. The first-order chi connectivity index (χ1) is 8.97. The van der Waals surface area contributed by atoms with Crippen LogP contribution in [0.15, 0.2) is 6.07 Å². The summed E-state index contributed by atoms with van der Waals surface area (Å²) >= 11 is 7.15. The number of anilines is 1. The molecule has 102 valence electrons. The largest absolute Gasteiger partial charge is 0.389 e. The lowest BCUT2D eigenvalue weighted by molar-refractivity contribution is 0.641. The number of thiophene rings is 1. The second-order valence-corrected chi connectivity index (χ2v) is 5.53. The van der Waals surface area contributed by atoms with E-state index >= 15 is 0 Å². The van der Waals surface area contributed by atoms with Crippen molar-refractivity contribution in [3.05, 3.63) is 28.0 Å². The van der Waals surface area contributed by atoms with E-state index < -0.39 is 5.82 Å². The fraction of sp³-hybridized carbons (Fsp3) is 0.357. The summed E-state index contributed by atoms with van der Waals surface area (Å²) in [5.74, 6) is -0.320. The van der Waals surface area contributed by atoms with Crippen LogP contribution in [0.2, 0.25) is 5.02 Å². The highest BCUT2D eigenvalue weighted by molar-refractivity contribution is 7.23. The van der Waals surface area contributed by atoms with Gasteiger partial charge in [-0.25, -0.2) is 4.39 Å². The molecule has 0 amide bonds. The van der Waals surface area contributed by atoms with Crippen LogP contribution in [0, 0.1) is 17.1 Å². The Balaban J connectivity index is 0.000000861. The van der Waals surface area contributed by atoms with E-state index in [-0.39, 0.29) is 5.92 Å². The number of nitrogens with zero attached hydrogens (tertiary/aromatic N) is 1. The Morgan fingerprint density at radius 3 is 2.47 bits per heavy atom. The number of hydrogen-bond donors (Lipinski definition) is 1. The molecule has 0 bridgehead atoms. The number of rotatable bonds is 1. The highest BCUT2D eigenvalue weighted by atomic mass is 35.5. The summed E-state index contributed by atoms with van der Waals surface area (Å²) in [5.41, 5.74) is 6.85. The number of fused-ring (bicyclic) bond motifs is 1. The lowest BCUT2D eigenvalue weighted by Crippen LogP contribution is -1.94. The van der Waals surface area contributed by atoms with Crippen molar-refractivity contribution in [3.8, 4) is 6.07 Å². The quantitative estimate of drug-likeness (QED) is 0.777. The van der Waals surface area contributed by atoms with Crippen molar-refractivity contribution in [1.82, 2.24) is 0 Å². The fourth-order valence-electron chi connectivity index (χ4n) is 1.92. The minimum absolute atomic E-state index is 0.103.